The third-order valence-electron chi connectivity index (χ3n) is 5.75. The molecule has 1 saturated heterocycles. The second-order valence-corrected chi connectivity index (χ2v) is 8.50. The first-order valence-electron chi connectivity index (χ1n) is 10.5. The largest absolute Gasteiger partial charge is 0.497 e. The Morgan fingerprint density at radius 1 is 1.06 bits per heavy atom. The fourth-order valence-corrected chi connectivity index (χ4v) is 4.64. The van der Waals surface area contributed by atoms with Gasteiger partial charge in [0, 0.05) is 65.4 Å². The van der Waals surface area contributed by atoms with Gasteiger partial charge in [-0.1, -0.05) is 6.07 Å². The predicted molar refractivity (Wildman–Crippen MR) is 129 cm³/mol. The Balaban J connectivity index is 0.00000259. The lowest BCUT2D eigenvalue weighted by Gasteiger charge is -2.15. The highest BCUT2D eigenvalue weighted by Gasteiger charge is 2.21. The monoisotopic (exact) mass is 463 g/mol. The Hall–Kier alpha value is -3.43. The van der Waals surface area contributed by atoms with Crippen LogP contribution in [-0.2, 0) is 0 Å². The maximum atomic E-state index is 12.9. The maximum absolute atomic E-state index is 12.9. The smallest absolute Gasteiger partial charge is 0.253 e. The first-order chi connectivity index (χ1) is 15.7. The van der Waals surface area contributed by atoms with Gasteiger partial charge in [-0.15, -0.1) is 11.8 Å². The van der Waals surface area contributed by atoms with E-state index < -0.39 is 0 Å². The van der Waals surface area contributed by atoms with Crippen molar-refractivity contribution < 1.29 is 15.0 Å². The summed E-state index contributed by atoms with van der Waals surface area (Å²) in [5, 5.41) is 1.08. The molecule has 0 atom stereocenters. The molecule has 3 aromatic heterocycles. The number of methoxy groups -OCH3 is 1. The van der Waals surface area contributed by atoms with Gasteiger partial charge in [0.05, 0.1) is 18.3 Å². The predicted octanol–water partition coefficient (Wildman–Crippen LogP) is 3.62. The molecule has 1 fully saturated rings. The van der Waals surface area contributed by atoms with Crippen LogP contribution in [0.2, 0.25) is 0 Å². The van der Waals surface area contributed by atoms with Crippen molar-refractivity contribution in [1.82, 2.24) is 24.4 Å². The van der Waals surface area contributed by atoms with Crippen molar-refractivity contribution in [2.75, 3.05) is 26.5 Å². The Bertz CT molecular complexity index is 1280. The molecule has 0 aliphatic carbocycles. The lowest BCUT2D eigenvalue weighted by atomic mass is 10.1. The first-order valence-corrected chi connectivity index (χ1v) is 11.7. The number of nitrogens with zero attached hydrogens (tertiary/aromatic N) is 5. The summed E-state index contributed by atoms with van der Waals surface area (Å²) in [5.41, 5.74) is 3.17. The molecule has 1 aromatic carbocycles. The number of hydrogen-bond donors (Lipinski definition) is 0. The van der Waals surface area contributed by atoms with E-state index in [0.717, 1.165) is 58.7 Å². The summed E-state index contributed by atoms with van der Waals surface area (Å²) in [5.74, 6) is 1.37. The Morgan fingerprint density at radius 2 is 1.82 bits per heavy atom. The Morgan fingerprint density at radius 3 is 2.52 bits per heavy atom. The van der Waals surface area contributed by atoms with Gasteiger partial charge in [0.25, 0.3) is 5.91 Å². The molecule has 4 heterocycles. The van der Waals surface area contributed by atoms with Crippen LogP contribution in [0, 0.1) is 0 Å². The zero-order valence-electron chi connectivity index (χ0n) is 18.5. The molecule has 2 N–H and O–H groups in total. The van der Waals surface area contributed by atoms with Gasteiger partial charge in [0.1, 0.15) is 5.75 Å². The minimum absolute atomic E-state index is 0. The number of carbonyl (C=O) groups excluding carboxylic acids is 1. The van der Waals surface area contributed by atoms with Crippen molar-refractivity contribution in [3.63, 3.8) is 0 Å². The van der Waals surface area contributed by atoms with Gasteiger partial charge in [-0.05, 0) is 37.3 Å². The third-order valence-corrected chi connectivity index (χ3v) is 6.51. The molecular weight excluding hydrogens is 438 g/mol. The van der Waals surface area contributed by atoms with Crippen LogP contribution >= 0.6 is 11.8 Å². The average molecular weight is 464 g/mol. The standard InChI is InChI=1S/C24H23N5O2S.H2O/c1-31-18-7-8-25-20(12-18)17-13-26-24(27-14-17)29-15-22(32-2)19-6-5-16(11-21(19)29)23(30)28-9-3-4-10-28;/h5-8,11-15H,3-4,9-10H2,1-2H3;1H2. The van der Waals surface area contributed by atoms with Crippen molar-refractivity contribution in [2.45, 2.75) is 17.7 Å². The van der Waals surface area contributed by atoms with E-state index in [9.17, 15) is 4.79 Å². The third kappa shape index (κ3) is 4.29. The quantitative estimate of drug-likeness (QED) is 0.419. The fourth-order valence-electron chi connectivity index (χ4n) is 4.03. The number of fused-ring (bicyclic) bond motifs is 1. The summed E-state index contributed by atoms with van der Waals surface area (Å²) in [6, 6.07) is 9.55. The number of aromatic nitrogens is 4. The van der Waals surface area contributed by atoms with E-state index in [1.165, 1.54) is 0 Å². The van der Waals surface area contributed by atoms with Crippen molar-refractivity contribution in [3.8, 4) is 23.0 Å². The van der Waals surface area contributed by atoms with Gasteiger partial charge in [0.15, 0.2) is 0 Å². The molecular formula is C24H25N5O3S. The van der Waals surface area contributed by atoms with Gasteiger partial charge >= 0.3 is 0 Å². The lowest BCUT2D eigenvalue weighted by molar-refractivity contribution is 0.0793. The van der Waals surface area contributed by atoms with Crippen molar-refractivity contribution in [1.29, 1.82) is 0 Å². The zero-order chi connectivity index (χ0) is 22.1. The van der Waals surface area contributed by atoms with E-state index in [2.05, 4.69) is 15.0 Å². The highest BCUT2D eigenvalue weighted by atomic mass is 32.2. The number of likely N-dealkylation sites (tertiary alicyclic amines) is 1. The summed E-state index contributed by atoms with van der Waals surface area (Å²) < 4.78 is 7.23. The molecule has 9 heteroatoms. The van der Waals surface area contributed by atoms with Crippen LogP contribution in [0.4, 0.5) is 0 Å². The van der Waals surface area contributed by atoms with Crippen LogP contribution in [0.3, 0.4) is 0 Å². The van der Waals surface area contributed by atoms with Gasteiger partial charge in [-0.3, -0.25) is 14.3 Å². The van der Waals surface area contributed by atoms with E-state index >= 15 is 0 Å². The first kappa shape index (κ1) is 22.8. The number of thioether (sulfide) groups is 1. The number of hydrogen-bond acceptors (Lipinski definition) is 6. The number of benzene rings is 1. The molecule has 0 spiro atoms. The summed E-state index contributed by atoms with van der Waals surface area (Å²) >= 11 is 1.66. The van der Waals surface area contributed by atoms with E-state index in [0.29, 0.717) is 11.5 Å². The lowest BCUT2D eigenvalue weighted by Crippen LogP contribution is -2.27. The van der Waals surface area contributed by atoms with Crippen LogP contribution in [-0.4, -0.2) is 62.3 Å². The zero-order valence-corrected chi connectivity index (χ0v) is 19.3. The SMILES string of the molecule is COc1ccnc(-c2cnc(-n3cc(SC)c4ccc(C(=O)N5CCCC5)cc43)nc2)c1.O. The molecule has 0 bridgehead atoms. The molecule has 5 rings (SSSR count). The summed E-state index contributed by atoms with van der Waals surface area (Å²) in [7, 11) is 1.63. The maximum Gasteiger partial charge on any atom is 0.253 e. The van der Waals surface area contributed by atoms with Gasteiger partial charge < -0.3 is 15.1 Å². The molecule has 8 nitrogen and oxygen atoms in total. The molecule has 1 amide bonds. The molecule has 4 aromatic rings. The van der Waals surface area contributed by atoms with E-state index in [4.69, 9.17) is 4.74 Å². The highest BCUT2D eigenvalue weighted by Crippen LogP contribution is 2.31. The Labute approximate surface area is 195 Å². The number of pyridine rings is 1. The summed E-state index contributed by atoms with van der Waals surface area (Å²) in [6.45, 7) is 1.66. The number of amides is 1. The summed E-state index contributed by atoms with van der Waals surface area (Å²) in [6.07, 6.45) is 11.4. The minimum atomic E-state index is 0. The normalized spacial score (nSPS) is 13.2. The fraction of sp³-hybridized carbons (Fsp3) is 0.250. The molecule has 0 radical (unpaired) electrons. The average Bonchev–Trinajstić information content (AvgIpc) is 3.52. The second kappa shape index (κ2) is 9.60. The van der Waals surface area contributed by atoms with Gasteiger partial charge in [-0.2, -0.15) is 0 Å². The van der Waals surface area contributed by atoms with Gasteiger partial charge in [-0.25, -0.2) is 9.97 Å². The van der Waals surface area contributed by atoms with Crippen LogP contribution in [0.5, 0.6) is 5.75 Å². The molecule has 0 saturated carbocycles. The molecule has 0 unspecified atom stereocenters. The molecule has 1 aliphatic heterocycles. The van der Waals surface area contributed by atoms with E-state index in [1.807, 2.05) is 46.2 Å². The van der Waals surface area contributed by atoms with Crippen LogP contribution in [0.25, 0.3) is 28.1 Å². The van der Waals surface area contributed by atoms with E-state index in [1.54, 1.807) is 43.5 Å². The van der Waals surface area contributed by atoms with Crippen LogP contribution in [0.1, 0.15) is 23.2 Å². The Kier molecular flexibility index (Phi) is 6.62. The number of ether oxygens (including phenoxy) is 1. The van der Waals surface area contributed by atoms with Crippen LogP contribution < -0.4 is 4.74 Å². The highest BCUT2D eigenvalue weighted by molar-refractivity contribution is 7.98. The topological polar surface area (TPSA) is 105 Å². The van der Waals surface area contributed by atoms with Crippen molar-refractivity contribution in [3.05, 3.63) is 60.7 Å². The van der Waals surface area contributed by atoms with Gasteiger partial charge in [0.2, 0.25) is 5.95 Å². The number of carbonyl (C=O) groups is 1. The van der Waals surface area contributed by atoms with Crippen LogP contribution in [0.15, 0.2) is 60.0 Å². The molecule has 33 heavy (non-hydrogen) atoms. The summed E-state index contributed by atoms with van der Waals surface area (Å²) in [4.78, 5) is 29.5. The van der Waals surface area contributed by atoms with Crippen molar-refractivity contribution in [2.24, 2.45) is 0 Å². The second-order valence-electron chi connectivity index (χ2n) is 7.65. The van der Waals surface area contributed by atoms with Crippen molar-refractivity contribution >= 4 is 28.6 Å². The molecule has 1 aliphatic rings. The minimum Gasteiger partial charge on any atom is -0.497 e. The van der Waals surface area contributed by atoms with E-state index in [-0.39, 0.29) is 11.4 Å². The molecule has 170 valence electrons. The number of rotatable bonds is 5.